The third kappa shape index (κ3) is 7.31. The smallest absolute Gasteiger partial charge is 1.00 e. The van der Waals surface area contributed by atoms with E-state index in [1.165, 1.54) is 0 Å². The van der Waals surface area contributed by atoms with Gasteiger partial charge in [0.25, 0.3) is 0 Å². The molecule has 0 bridgehead atoms. The number of carbonyl (C=O) groups is 4. The van der Waals surface area contributed by atoms with Crippen LogP contribution in [0.4, 0.5) is 0 Å². The number of carboxylic acids is 4. The minimum atomic E-state index is -2.22. The van der Waals surface area contributed by atoms with Gasteiger partial charge in [-0.05, 0) is 0 Å². The van der Waals surface area contributed by atoms with E-state index in [1.54, 1.807) is 0 Å². The van der Waals surface area contributed by atoms with Crippen LogP contribution in [0.3, 0.4) is 0 Å². The van der Waals surface area contributed by atoms with Crippen LogP contribution < -0.4 is 62.9 Å². The Morgan fingerprint density at radius 1 is 0.667 bits per heavy atom. The van der Waals surface area contributed by atoms with Crippen molar-refractivity contribution in [3.05, 3.63) is 0 Å². The van der Waals surface area contributed by atoms with Crippen molar-refractivity contribution < 1.29 is 92.4 Å². The summed E-state index contributed by atoms with van der Waals surface area (Å²) in [7, 11) is 0. The van der Waals surface area contributed by atoms with E-state index < -0.39 is 60.6 Å². The Bertz CT molecular complexity index is 373. The molecule has 8 N–H and O–H groups in total. The molecule has 10 nitrogen and oxygen atoms in total. The van der Waals surface area contributed by atoms with Gasteiger partial charge >= 0.3 is 75.3 Å². The number of rotatable bonds is 9. The maximum absolute atomic E-state index is 10.8. The van der Waals surface area contributed by atoms with Gasteiger partial charge in [-0.1, -0.05) is 0 Å². The van der Waals surface area contributed by atoms with Crippen LogP contribution in [0.1, 0.15) is 27.1 Å². The van der Waals surface area contributed by atoms with Crippen molar-refractivity contribution in [3.63, 3.8) is 0 Å². The Balaban J connectivity index is -0.00000180. The van der Waals surface area contributed by atoms with Gasteiger partial charge in [0.15, 0.2) is 0 Å². The van der Waals surface area contributed by atoms with E-state index in [0.717, 1.165) is 0 Å². The fourth-order valence-corrected chi connectivity index (χ4v) is 1.91. The van der Waals surface area contributed by atoms with Gasteiger partial charge in [-0.25, -0.2) is 0 Å². The summed E-state index contributed by atoms with van der Waals surface area (Å²) >= 11 is 0. The standard InChI is InChI=1S/C10H16N2O8.K.H/c11-9(1-5(13)14,2-6(15)16)10(12,3-7(17)18)4-8(19)20;;/h1-4,11-12H2,(H,13,14)(H,15,16)(H,17,18)(H,19,20);;/q;+1;-1. The number of hydrogen-bond donors (Lipinski definition) is 6. The normalized spacial score (nSPS) is 11.3. The minimum Gasteiger partial charge on any atom is -1.00 e. The second-order valence-corrected chi connectivity index (χ2v) is 4.59. The molecule has 0 rings (SSSR count). The molecule has 0 aliphatic rings. The molecule has 0 aliphatic carbocycles. The van der Waals surface area contributed by atoms with Crippen molar-refractivity contribution in [2.75, 3.05) is 0 Å². The Morgan fingerprint density at radius 3 is 0.905 bits per heavy atom. The van der Waals surface area contributed by atoms with E-state index in [4.69, 9.17) is 31.9 Å². The quantitative estimate of drug-likeness (QED) is 0.223. The fraction of sp³-hybridized carbons (Fsp3) is 0.600. The molecule has 0 saturated carbocycles. The van der Waals surface area contributed by atoms with Crippen LogP contribution in [0, 0.1) is 0 Å². The maximum Gasteiger partial charge on any atom is 1.00 e. The topological polar surface area (TPSA) is 201 Å². The van der Waals surface area contributed by atoms with Crippen molar-refractivity contribution in [1.29, 1.82) is 0 Å². The summed E-state index contributed by atoms with van der Waals surface area (Å²) in [6.07, 6.45) is -3.90. The predicted molar refractivity (Wildman–Crippen MR) is 64.0 cm³/mol. The molecule has 116 valence electrons. The van der Waals surface area contributed by atoms with Crippen molar-refractivity contribution in [1.82, 2.24) is 0 Å². The average Bonchev–Trinajstić information content (AvgIpc) is 2.10. The van der Waals surface area contributed by atoms with Crippen LogP contribution in [0.5, 0.6) is 0 Å². The van der Waals surface area contributed by atoms with E-state index in [0.29, 0.717) is 0 Å². The summed E-state index contributed by atoms with van der Waals surface area (Å²) in [5, 5.41) is 35.1. The van der Waals surface area contributed by atoms with E-state index in [1.807, 2.05) is 0 Å². The summed E-state index contributed by atoms with van der Waals surface area (Å²) in [5.74, 6) is -6.06. The van der Waals surface area contributed by atoms with E-state index in [2.05, 4.69) is 0 Å². The molecule has 0 unspecified atom stereocenters. The molecule has 0 radical (unpaired) electrons. The molecule has 0 aromatic carbocycles. The summed E-state index contributed by atoms with van der Waals surface area (Å²) in [4.78, 5) is 43.2. The zero-order chi connectivity index (χ0) is 16.1. The van der Waals surface area contributed by atoms with Gasteiger partial charge in [0.05, 0.1) is 36.8 Å². The Morgan fingerprint density at radius 2 is 0.810 bits per heavy atom. The summed E-state index contributed by atoms with van der Waals surface area (Å²) in [5.41, 5.74) is 6.88. The van der Waals surface area contributed by atoms with Crippen LogP contribution >= 0.6 is 0 Å². The molecule has 21 heavy (non-hydrogen) atoms. The molecule has 0 amide bonds. The molecule has 11 heteroatoms. The third-order valence-electron chi connectivity index (χ3n) is 2.86. The van der Waals surface area contributed by atoms with Crippen LogP contribution in [-0.2, 0) is 19.2 Å². The SMILES string of the molecule is NC(CC(=O)O)(CC(=O)O)C(N)(CC(=O)O)CC(=O)O.[H-].[K+]. The minimum absolute atomic E-state index is 0. The first-order chi connectivity index (χ1) is 8.92. The maximum atomic E-state index is 10.8. The number of nitrogens with two attached hydrogens (primary N) is 2. The van der Waals surface area contributed by atoms with E-state index >= 15 is 0 Å². The van der Waals surface area contributed by atoms with E-state index in [-0.39, 0.29) is 52.8 Å². The molecule has 0 saturated heterocycles. The van der Waals surface area contributed by atoms with E-state index in [9.17, 15) is 19.2 Å². The van der Waals surface area contributed by atoms with Crippen molar-refractivity contribution in [3.8, 4) is 0 Å². The van der Waals surface area contributed by atoms with Crippen LogP contribution in [0.25, 0.3) is 0 Å². The van der Waals surface area contributed by atoms with Crippen LogP contribution in [-0.4, -0.2) is 55.4 Å². The van der Waals surface area contributed by atoms with Crippen LogP contribution in [0.15, 0.2) is 0 Å². The summed E-state index contributed by atoms with van der Waals surface area (Å²) in [6.45, 7) is 0. The summed E-state index contributed by atoms with van der Waals surface area (Å²) < 4.78 is 0. The molecule has 0 atom stereocenters. The largest absolute Gasteiger partial charge is 1.00 e. The Hall–Kier alpha value is -0.564. The van der Waals surface area contributed by atoms with Gasteiger partial charge in [-0.2, -0.15) is 0 Å². The van der Waals surface area contributed by atoms with Gasteiger partial charge in [0, 0.05) is 0 Å². The zero-order valence-electron chi connectivity index (χ0n) is 12.4. The fourth-order valence-electron chi connectivity index (χ4n) is 1.91. The molecule has 0 spiro atoms. The zero-order valence-corrected chi connectivity index (χ0v) is 14.5. The molecule has 0 aromatic rings. The molecular formula is C10H17KN2O8. The first-order valence-corrected chi connectivity index (χ1v) is 5.37. The monoisotopic (exact) mass is 332 g/mol. The van der Waals surface area contributed by atoms with Crippen molar-refractivity contribution in [2.45, 2.75) is 36.8 Å². The Kier molecular flexibility index (Phi) is 9.49. The number of aliphatic carboxylic acids is 4. The van der Waals surface area contributed by atoms with Gasteiger partial charge in [-0.15, -0.1) is 0 Å². The van der Waals surface area contributed by atoms with Crippen molar-refractivity contribution in [2.24, 2.45) is 11.5 Å². The Labute approximate surface area is 163 Å². The molecule has 0 aromatic heterocycles. The summed E-state index contributed by atoms with van der Waals surface area (Å²) in [6, 6.07) is 0. The van der Waals surface area contributed by atoms with Gasteiger partial charge in [0.1, 0.15) is 0 Å². The van der Waals surface area contributed by atoms with Crippen LogP contribution in [0.2, 0.25) is 0 Å². The molecular weight excluding hydrogens is 315 g/mol. The molecule has 0 heterocycles. The molecule has 0 fully saturated rings. The second kappa shape index (κ2) is 8.78. The molecule has 0 aliphatic heterocycles. The average molecular weight is 332 g/mol. The first-order valence-electron chi connectivity index (χ1n) is 5.37. The predicted octanol–water partition coefficient (Wildman–Crippen LogP) is -4.60. The van der Waals surface area contributed by atoms with Gasteiger partial charge < -0.3 is 33.3 Å². The number of hydrogen-bond acceptors (Lipinski definition) is 6. The second-order valence-electron chi connectivity index (χ2n) is 4.59. The first kappa shape index (κ1) is 22.7. The van der Waals surface area contributed by atoms with Gasteiger partial charge in [0.2, 0.25) is 0 Å². The van der Waals surface area contributed by atoms with Gasteiger partial charge in [-0.3, -0.25) is 19.2 Å². The van der Waals surface area contributed by atoms with Crippen molar-refractivity contribution >= 4 is 23.9 Å². The third-order valence-corrected chi connectivity index (χ3v) is 2.86. The number of carboxylic acid groups (broad SMARTS) is 4.